The van der Waals surface area contributed by atoms with E-state index in [1.54, 1.807) is 22.7 Å². The van der Waals surface area contributed by atoms with Gasteiger partial charge in [0, 0.05) is 35.5 Å². The van der Waals surface area contributed by atoms with Gasteiger partial charge >= 0.3 is 0 Å². The summed E-state index contributed by atoms with van der Waals surface area (Å²) in [5, 5.41) is 1.04. The molecule has 0 spiro atoms. The molecule has 38 heavy (non-hydrogen) atoms. The number of benzene rings is 2. The smallest absolute Gasteiger partial charge is 0.257 e. The molecule has 0 radical (unpaired) electrons. The number of rotatable bonds is 7. The van der Waals surface area contributed by atoms with E-state index in [-0.39, 0.29) is 12.0 Å². The summed E-state index contributed by atoms with van der Waals surface area (Å²) >= 11 is 1.70. The maximum Gasteiger partial charge on any atom is 0.257 e. The Kier molecular flexibility index (Phi) is 7.11. The summed E-state index contributed by atoms with van der Waals surface area (Å²) in [6.07, 6.45) is 4.74. The Bertz CT molecular complexity index is 1420. The van der Waals surface area contributed by atoms with Gasteiger partial charge in [-0.2, -0.15) is 0 Å². The molecule has 196 valence electrons. The number of anilines is 1. The highest BCUT2D eigenvalue weighted by Crippen LogP contribution is 2.32. The number of aromatic nitrogens is 1. The lowest BCUT2D eigenvalue weighted by Crippen LogP contribution is -2.44. The second-order valence-corrected chi connectivity index (χ2v) is 10.2. The number of carbonyl (C=O) groups is 1. The van der Waals surface area contributed by atoms with Crippen molar-refractivity contribution in [2.75, 3.05) is 50.6 Å². The number of ether oxygens (including phenoxy) is 3. The number of amides is 1. The van der Waals surface area contributed by atoms with Gasteiger partial charge in [-0.15, -0.1) is 11.8 Å². The molecule has 0 aliphatic carbocycles. The topological polar surface area (TPSA) is 77.3 Å². The Labute approximate surface area is 225 Å². The largest absolute Gasteiger partial charge is 0.486 e. The predicted octanol–water partition coefficient (Wildman–Crippen LogP) is 4.87. The Morgan fingerprint density at radius 2 is 1.95 bits per heavy atom. The number of fused-ring (bicyclic) bond motifs is 2. The number of thioether (sulfide) groups is 1. The number of nitrogens with zero attached hydrogens (tertiary/aromatic N) is 3. The molecule has 8 nitrogen and oxygen atoms in total. The van der Waals surface area contributed by atoms with Gasteiger partial charge in [0.25, 0.3) is 5.91 Å². The maximum absolute atomic E-state index is 13.7. The minimum absolute atomic E-state index is 0.132. The number of carbonyl (C=O) groups excluding carboxylic acids is 1. The van der Waals surface area contributed by atoms with Gasteiger partial charge < -0.3 is 28.4 Å². The van der Waals surface area contributed by atoms with Crippen molar-refractivity contribution >= 4 is 34.4 Å². The zero-order chi connectivity index (χ0) is 25.9. The quantitative estimate of drug-likeness (QED) is 0.313. The van der Waals surface area contributed by atoms with E-state index in [1.807, 2.05) is 24.3 Å². The van der Waals surface area contributed by atoms with Gasteiger partial charge in [-0.05, 0) is 42.7 Å². The molecule has 2 aromatic carbocycles. The van der Waals surface area contributed by atoms with Gasteiger partial charge in [0.1, 0.15) is 18.7 Å². The van der Waals surface area contributed by atoms with E-state index >= 15 is 0 Å². The van der Waals surface area contributed by atoms with Gasteiger partial charge in [-0.1, -0.05) is 18.2 Å². The number of pyridine rings is 1. The summed E-state index contributed by atoms with van der Waals surface area (Å²) in [5.74, 6) is 2.15. The van der Waals surface area contributed by atoms with Crippen LogP contribution in [0, 0.1) is 0 Å². The van der Waals surface area contributed by atoms with E-state index in [1.165, 1.54) is 12.5 Å². The third kappa shape index (κ3) is 5.16. The van der Waals surface area contributed by atoms with Gasteiger partial charge in [0.2, 0.25) is 0 Å². The molecule has 1 saturated heterocycles. The highest BCUT2D eigenvalue weighted by atomic mass is 32.2. The third-order valence-electron chi connectivity index (χ3n) is 6.80. The minimum atomic E-state index is -0.315. The fourth-order valence-electron chi connectivity index (χ4n) is 4.87. The van der Waals surface area contributed by atoms with Crippen LogP contribution in [-0.2, 0) is 11.3 Å². The summed E-state index contributed by atoms with van der Waals surface area (Å²) < 4.78 is 23.0. The summed E-state index contributed by atoms with van der Waals surface area (Å²) in [5.41, 5.74) is 2.41. The molecule has 0 bridgehead atoms. The van der Waals surface area contributed by atoms with Crippen LogP contribution < -0.4 is 14.4 Å². The Morgan fingerprint density at radius 3 is 2.74 bits per heavy atom. The van der Waals surface area contributed by atoms with Crippen molar-refractivity contribution in [3.05, 3.63) is 78.3 Å². The number of hydrogen-bond acceptors (Lipinski definition) is 8. The fraction of sp³-hybridized carbons (Fsp3) is 0.310. The van der Waals surface area contributed by atoms with Crippen molar-refractivity contribution in [3.8, 4) is 11.5 Å². The van der Waals surface area contributed by atoms with E-state index in [0.717, 1.165) is 46.0 Å². The number of furan rings is 1. The first kappa shape index (κ1) is 24.6. The molecule has 1 fully saturated rings. The highest BCUT2D eigenvalue weighted by molar-refractivity contribution is 7.98. The molecular formula is C29H29N3O5S. The highest BCUT2D eigenvalue weighted by Gasteiger charge is 2.28. The molecule has 0 saturated carbocycles. The van der Waals surface area contributed by atoms with Crippen molar-refractivity contribution in [2.45, 2.75) is 17.5 Å². The lowest BCUT2D eigenvalue weighted by molar-refractivity contribution is 0.0443. The molecule has 4 heterocycles. The van der Waals surface area contributed by atoms with Crippen LogP contribution in [0.25, 0.3) is 10.9 Å². The lowest BCUT2D eigenvalue weighted by atomic mass is 10.1. The summed E-state index contributed by atoms with van der Waals surface area (Å²) in [6, 6.07) is 17.8. The normalized spacial score (nSPS) is 17.0. The van der Waals surface area contributed by atoms with E-state index < -0.39 is 0 Å². The minimum Gasteiger partial charge on any atom is -0.486 e. The molecule has 6 rings (SSSR count). The maximum atomic E-state index is 13.7. The van der Waals surface area contributed by atoms with Crippen molar-refractivity contribution < 1.29 is 23.4 Å². The molecule has 2 aromatic heterocycles. The molecule has 2 aliphatic heterocycles. The van der Waals surface area contributed by atoms with Crippen LogP contribution in [0.1, 0.15) is 15.9 Å². The van der Waals surface area contributed by atoms with E-state index in [0.29, 0.717) is 44.2 Å². The molecule has 1 amide bonds. The van der Waals surface area contributed by atoms with Crippen LogP contribution in [0.15, 0.2) is 76.4 Å². The lowest BCUT2D eigenvalue weighted by Gasteiger charge is -2.33. The summed E-state index contributed by atoms with van der Waals surface area (Å²) in [6.45, 7) is 3.87. The molecule has 4 aromatic rings. The second kappa shape index (κ2) is 11.0. The SMILES string of the molecule is CSc1ccc2cc(CN(CC3COc4ccccc4O3)C(=O)c3ccoc3)c(N3CCOCC3)nc2c1. The van der Waals surface area contributed by atoms with Crippen molar-refractivity contribution in [1.82, 2.24) is 9.88 Å². The van der Waals surface area contributed by atoms with Crippen molar-refractivity contribution in [3.63, 3.8) is 0 Å². The molecule has 0 N–H and O–H groups in total. The van der Waals surface area contributed by atoms with Crippen molar-refractivity contribution in [1.29, 1.82) is 0 Å². The summed E-state index contributed by atoms with van der Waals surface area (Å²) in [4.78, 5) is 24.0. The molecular weight excluding hydrogens is 502 g/mol. The molecule has 2 aliphatic rings. The van der Waals surface area contributed by atoms with E-state index in [4.69, 9.17) is 23.6 Å². The van der Waals surface area contributed by atoms with Crippen LogP contribution in [0.3, 0.4) is 0 Å². The molecule has 9 heteroatoms. The van der Waals surface area contributed by atoms with Crippen LogP contribution in [-0.4, -0.2) is 67.6 Å². The van der Waals surface area contributed by atoms with Crippen LogP contribution in [0.5, 0.6) is 11.5 Å². The summed E-state index contributed by atoms with van der Waals surface area (Å²) in [7, 11) is 0. The molecule has 1 unspecified atom stereocenters. The second-order valence-electron chi connectivity index (χ2n) is 9.32. The monoisotopic (exact) mass is 531 g/mol. The first-order valence-electron chi connectivity index (χ1n) is 12.7. The first-order chi connectivity index (χ1) is 18.7. The van der Waals surface area contributed by atoms with Crippen molar-refractivity contribution in [2.24, 2.45) is 0 Å². The predicted molar refractivity (Wildman–Crippen MR) is 146 cm³/mol. The Morgan fingerprint density at radius 1 is 1.11 bits per heavy atom. The third-order valence-corrected chi connectivity index (χ3v) is 7.52. The number of morpholine rings is 1. The zero-order valence-electron chi connectivity index (χ0n) is 21.2. The fourth-order valence-corrected chi connectivity index (χ4v) is 5.30. The Hall–Kier alpha value is -3.69. The average molecular weight is 532 g/mol. The van der Waals surface area contributed by atoms with Crippen LogP contribution in [0.2, 0.25) is 0 Å². The molecule has 1 atom stereocenters. The van der Waals surface area contributed by atoms with Gasteiger partial charge in [-0.25, -0.2) is 4.98 Å². The standard InChI is InChI=1S/C29H29N3O5S/c1-38-24-7-6-20-14-22(28(30-25(20)15-24)31-9-12-34-13-10-31)16-32(29(33)21-8-11-35-18-21)17-23-19-36-26-4-2-3-5-27(26)37-23/h2-8,11,14-15,18,23H,9-10,12-13,16-17,19H2,1H3. The Balaban J connectivity index is 1.35. The van der Waals surface area contributed by atoms with Gasteiger partial charge in [0.05, 0.1) is 37.1 Å². The van der Waals surface area contributed by atoms with Crippen LogP contribution in [0.4, 0.5) is 5.82 Å². The van der Waals surface area contributed by atoms with Gasteiger partial charge in [-0.3, -0.25) is 4.79 Å². The zero-order valence-corrected chi connectivity index (χ0v) is 22.0. The van der Waals surface area contributed by atoms with E-state index in [2.05, 4.69) is 35.4 Å². The first-order valence-corrected chi connectivity index (χ1v) is 13.9. The average Bonchev–Trinajstić information content (AvgIpc) is 3.51. The number of hydrogen-bond donors (Lipinski definition) is 0. The van der Waals surface area contributed by atoms with Crippen LogP contribution >= 0.6 is 11.8 Å². The van der Waals surface area contributed by atoms with E-state index in [9.17, 15) is 4.79 Å². The van der Waals surface area contributed by atoms with Gasteiger partial charge in [0.15, 0.2) is 17.6 Å². The number of para-hydroxylation sites is 2.